The molecule has 0 aliphatic heterocycles. The van der Waals surface area contributed by atoms with Gasteiger partial charge in [0.15, 0.2) is 5.58 Å². The number of nitrogens with two attached hydrogens (primary N) is 1. The van der Waals surface area contributed by atoms with E-state index in [1.54, 1.807) is 18.2 Å². The van der Waals surface area contributed by atoms with Gasteiger partial charge in [-0.05, 0) is 19.1 Å². The molecule has 0 aliphatic carbocycles. The zero-order valence-electron chi connectivity index (χ0n) is 11.1. The van der Waals surface area contributed by atoms with Crippen molar-refractivity contribution in [3.8, 4) is 0 Å². The number of anilines is 1. The van der Waals surface area contributed by atoms with Gasteiger partial charge in [0, 0.05) is 6.61 Å². The molecule has 0 bridgehead atoms. The van der Waals surface area contributed by atoms with E-state index in [0.717, 1.165) is 4.57 Å². The summed E-state index contributed by atoms with van der Waals surface area (Å²) in [6, 6.07) is 4.92. The molecule has 0 spiro atoms. The first-order valence-corrected chi connectivity index (χ1v) is 6.24. The molecule has 0 saturated heterocycles. The zero-order chi connectivity index (χ0) is 14.5. The molecule has 20 heavy (non-hydrogen) atoms. The van der Waals surface area contributed by atoms with E-state index in [2.05, 4.69) is 0 Å². The fourth-order valence-corrected chi connectivity index (χ4v) is 1.83. The summed E-state index contributed by atoms with van der Waals surface area (Å²) in [5.41, 5.74) is 6.91. The molecule has 1 heterocycles. The van der Waals surface area contributed by atoms with Gasteiger partial charge in [-0.3, -0.25) is 9.36 Å². The summed E-state index contributed by atoms with van der Waals surface area (Å²) >= 11 is 0. The van der Waals surface area contributed by atoms with Crippen molar-refractivity contribution < 1.29 is 18.7 Å². The molecular formula is C13H16N2O5. The van der Waals surface area contributed by atoms with Crippen LogP contribution in [-0.4, -0.2) is 30.4 Å². The summed E-state index contributed by atoms with van der Waals surface area (Å²) < 4.78 is 16.2. The SMILES string of the molecule is CCOCCOC(=O)Cn1c(=O)oc2cccc(N)c21. The predicted molar refractivity (Wildman–Crippen MR) is 72.3 cm³/mol. The molecule has 0 aliphatic rings. The van der Waals surface area contributed by atoms with Gasteiger partial charge in [0.25, 0.3) is 0 Å². The molecule has 0 saturated carbocycles. The molecule has 0 fully saturated rings. The molecule has 1 aromatic heterocycles. The van der Waals surface area contributed by atoms with Crippen LogP contribution in [0.4, 0.5) is 5.69 Å². The number of hydrogen-bond acceptors (Lipinski definition) is 6. The number of carbonyl (C=O) groups excluding carboxylic acids is 1. The van der Waals surface area contributed by atoms with E-state index in [4.69, 9.17) is 19.6 Å². The van der Waals surface area contributed by atoms with E-state index < -0.39 is 11.7 Å². The number of hydrogen-bond donors (Lipinski definition) is 1. The van der Waals surface area contributed by atoms with Crippen LogP contribution in [-0.2, 0) is 20.8 Å². The van der Waals surface area contributed by atoms with Crippen LogP contribution in [0.15, 0.2) is 27.4 Å². The number of fused-ring (bicyclic) bond motifs is 1. The minimum atomic E-state index is -0.639. The van der Waals surface area contributed by atoms with Crippen molar-refractivity contribution in [1.82, 2.24) is 4.57 Å². The van der Waals surface area contributed by atoms with E-state index in [1.165, 1.54) is 0 Å². The Kier molecular flexibility index (Phi) is 4.41. The van der Waals surface area contributed by atoms with Gasteiger partial charge in [0.1, 0.15) is 18.7 Å². The molecule has 0 unspecified atom stereocenters. The first-order valence-electron chi connectivity index (χ1n) is 6.24. The van der Waals surface area contributed by atoms with Crippen molar-refractivity contribution in [3.63, 3.8) is 0 Å². The lowest BCUT2D eigenvalue weighted by Crippen LogP contribution is -2.23. The van der Waals surface area contributed by atoms with Crippen molar-refractivity contribution in [2.45, 2.75) is 13.5 Å². The van der Waals surface area contributed by atoms with Gasteiger partial charge >= 0.3 is 11.7 Å². The van der Waals surface area contributed by atoms with E-state index >= 15 is 0 Å². The second-order valence-corrected chi connectivity index (χ2v) is 4.07. The summed E-state index contributed by atoms with van der Waals surface area (Å²) in [5, 5.41) is 0. The molecule has 0 amide bonds. The average molecular weight is 280 g/mol. The summed E-state index contributed by atoms with van der Waals surface area (Å²) in [5.74, 6) is -1.18. The number of benzene rings is 1. The third-order valence-electron chi connectivity index (χ3n) is 2.70. The van der Waals surface area contributed by atoms with Gasteiger partial charge < -0.3 is 19.6 Å². The van der Waals surface area contributed by atoms with Crippen molar-refractivity contribution >= 4 is 22.8 Å². The van der Waals surface area contributed by atoms with Gasteiger partial charge in [-0.15, -0.1) is 0 Å². The Bertz CT molecular complexity index is 658. The minimum Gasteiger partial charge on any atom is -0.462 e. The summed E-state index contributed by atoms with van der Waals surface area (Å²) in [4.78, 5) is 23.4. The highest BCUT2D eigenvalue weighted by atomic mass is 16.6. The number of para-hydroxylation sites is 1. The molecule has 7 nitrogen and oxygen atoms in total. The number of esters is 1. The van der Waals surface area contributed by atoms with Gasteiger partial charge in [-0.25, -0.2) is 4.79 Å². The average Bonchev–Trinajstić information content (AvgIpc) is 2.72. The molecule has 108 valence electrons. The van der Waals surface area contributed by atoms with E-state index in [1.807, 2.05) is 6.92 Å². The lowest BCUT2D eigenvalue weighted by Gasteiger charge is -2.06. The fraction of sp³-hybridized carbons (Fsp3) is 0.385. The third kappa shape index (κ3) is 3.00. The van der Waals surface area contributed by atoms with Crippen molar-refractivity contribution in [2.24, 2.45) is 0 Å². The van der Waals surface area contributed by atoms with E-state index in [-0.39, 0.29) is 13.2 Å². The van der Waals surface area contributed by atoms with Crippen LogP contribution >= 0.6 is 0 Å². The first kappa shape index (κ1) is 14.1. The normalized spacial score (nSPS) is 10.8. The maximum absolute atomic E-state index is 11.7. The predicted octanol–water partition coefficient (Wildman–Crippen LogP) is 0.756. The molecule has 7 heteroatoms. The summed E-state index contributed by atoms with van der Waals surface area (Å²) in [6.45, 7) is 2.63. The first-order chi connectivity index (χ1) is 9.63. The van der Waals surface area contributed by atoms with Gasteiger partial charge in [0.05, 0.1) is 12.3 Å². The lowest BCUT2D eigenvalue weighted by atomic mass is 10.3. The Morgan fingerprint density at radius 3 is 2.95 bits per heavy atom. The quantitative estimate of drug-likeness (QED) is 0.476. The molecule has 0 radical (unpaired) electrons. The number of oxazole rings is 1. The number of carbonyl (C=O) groups is 1. The second-order valence-electron chi connectivity index (χ2n) is 4.07. The van der Waals surface area contributed by atoms with Crippen molar-refractivity contribution in [2.75, 3.05) is 25.6 Å². The van der Waals surface area contributed by atoms with E-state index in [0.29, 0.717) is 30.0 Å². The van der Waals surface area contributed by atoms with Crippen LogP contribution in [0.1, 0.15) is 6.92 Å². The Labute approximate surface area is 114 Å². The second kappa shape index (κ2) is 6.25. The van der Waals surface area contributed by atoms with Crippen molar-refractivity contribution in [1.29, 1.82) is 0 Å². The highest BCUT2D eigenvalue weighted by Gasteiger charge is 2.15. The van der Waals surface area contributed by atoms with Gasteiger partial charge in [0.2, 0.25) is 0 Å². The van der Waals surface area contributed by atoms with Crippen LogP contribution < -0.4 is 11.5 Å². The number of aromatic nitrogens is 1. The Morgan fingerprint density at radius 2 is 2.20 bits per heavy atom. The smallest absolute Gasteiger partial charge is 0.420 e. The Balaban J connectivity index is 2.11. The summed E-state index contributed by atoms with van der Waals surface area (Å²) in [7, 11) is 0. The Hall–Kier alpha value is -2.28. The van der Waals surface area contributed by atoms with Crippen molar-refractivity contribution in [3.05, 3.63) is 28.7 Å². The lowest BCUT2D eigenvalue weighted by molar-refractivity contribution is -0.145. The highest BCUT2D eigenvalue weighted by molar-refractivity contribution is 5.86. The van der Waals surface area contributed by atoms with Crippen LogP contribution in [0.3, 0.4) is 0 Å². The Morgan fingerprint density at radius 1 is 1.40 bits per heavy atom. The topological polar surface area (TPSA) is 96.7 Å². The van der Waals surface area contributed by atoms with Crippen LogP contribution in [0.2, 0.25) is 0 Å². The zero-order valence-corrected chi connectivity index (χ0v) is 11.1. The number of nitrogens with zero attached hydrogens (tertiary/aromatic N) is 1. The van der Waals surface area contributed by atoms with Gasteiger partial charge in [-0.1, -0.05) is 6.07 Å². The number of ether oxygens (including phenoxy) is 2. The molecule has 2 N–H and O–H groups in total. The number of nitrogen functional groups attached to an aromatic ring is 1. The number of rotatable bonds is 6. The third-order valence-corrected chi connectivity index (χ3v) is 2.70. The maximum atomic E-state index is 11.7. The monoisotopic (exact) mass is 280 g/mol. The van der Waals surface area contributed by atoms with E-state index in [9.17, 15) is 9.59 Å². The van der Waals surface area contributed by atoms with Crippen LogP contribution in [0.5, 0.6) is 0 Å². The molecule has 2 rings (SSSR count). The fourth-order valence-electron chi connectivity index (χ4n) is 1.83. The van der Waals surface area contributed by atoms with Crippen LogP contribution in [0, 0.1) is 0 Å². The van der Waals surface area contributed by atoms with Crippen LogP contribution in [0.25, 0.3) is 11.1 Å². The van der Waals surface area contributed by atoms with Gasteiger partial charge in [-0.2, -0.15) is 0 Å². The molecule has 0 atom stereocenters. The molecular weight excluding hydrogens is 264 g/mol. The largest absolute Gasteiger partial charge is 0.462 e. The molecule has 2 aromatic rings. The standard InChI is InChI=1S/C13H16N2O5/c1-2-18-6-7-19-11(16)8-15-12-9(14)4-3-5-10(12)20-13(15)17/h3-5H,2,6-8,14H2,1H3. The minimum absolute atomic E-state index is 0.146. The molecule has 1 aromatic carbocycles. The highest BCUT2D eigenvalue weighted by Crippen LogP contribution is 2.19. The maximum Gasteiger partial charge on any atom is 0.420 e. The summed E-state index contributed by atoms with van der Waals surface area (Å²) in [6.07, 6.45) is 0.